The van der Waals surface area contributed by atoms with Crippen molar-refractivity contribution in [2.75, 3.05) is 0 Å². The average molecular weight is 205 g/mol. The van der Waals surface area contributed by atoms with Crippen molar-refractivity contribution in [2.45, 2.75) is 19.8 Å². The highest BCUT2D eigenvalue weighted by Crippen LogP contribution is 2.25. The monoisotopic (exact) mass is 204 g/mol. The molecule has 0 atom stereocenters. The third kappa shape index (κ3) is 1.60. The van der Waals surface area contributed by atoms with Crippen LogP contribution in [0.4, 0.5) is 0 Å². The Morgan fingerprint density at radius 1 is 1.43 bits per heavy atom. The summed E-state index contributed by atoms with van der Waals surface area (Å²) in [5, 5.41) is 2.72. The topological polar surface area (TPSA) is 12.9 Å². The van der Waals surface area contributed by atoms with E-state index in [1.54, 1.807) is 6.20 Å². The lowest BCUT2D eigenvalue weighted by atomic mass is 9.97. The summed E-state index contributed by atoms with van der Waals surface area (Å²) in [7, 11) is 0. The van der Waals surface area contributed by atoms with Gasteiger partial charge in [-0.25, -0.2) is 4.98 Å². The lowest BCUT2D eigenvalue weighted by Crippen LogP contribution is -1.90. The standard InChI is InChI=1S/C12H11ClN/c1-8(2)10-5-3-4-9-7-14-12(13)6-11(9)10/h3,5-8H,1-2H3. The van der Waals surface area contributed by atoms with Crippen molar-refractivity contribution in [2.24, 2.45) is 0 Å². The van der Waals surface area contributed by atoms with E-state index in [2.05, 4.69) is 31.0 Å². The van der Waals surface area contributed by atoms with E-state index in [1.165, 1.54) is 5.56 Å². The van der Waals surface area contributed by atoms with Gasteiger partial charge in [-0.3, -0.25) is 0 Å². The van der Waals surface area contributed by atoms with Gasteiger partial charge in [0.2, 0.25) is 0 Å². The molecule has 71 valence electrons. The molecule has 1 nitrogen and oxygen atoms in total. The van der Waals surface area contributed by atoms with E-state index < -0.39 is 0 Å². The fourth-order valence-electron chi connectivity index (χ4n) is 1.60. The number of hydrogen-bond donors (Lipinski definition) is 0. The predicted octanol–water partition coefficient (Wildman–Crippen LogP) is 3.81. The molecule has 0 saturated heterocycles. The number of benzene rings is 1. The van der Waals surface area contributed by atoms with E-state index in [-0.39, 0.29) is 0 Å². The molecule has 0 aliphatic carbocycles. The van der Waals surface area contributed by atoms with Gasteiger partial charge in [-0.2, -0.15) is 0 Å². The van der Waals surface area contributed by atoms with Gasteiger partial charge in [0.25, 0.3) is 0 Å². The van der Waals surface area contributed by atoms with E-state index >= 15 is 0 Å². The molecule has 1 radical (unpaired) electrons. The van der Waals surface area contributed by atoms with Crippen LogP contribution in [0.3, 0.4) is 0 Å². The summed E-state index contributed by atoms with van der Waals surface area (Å²) in [4.78, 5) is 4.04. The molecule has 2 heteroatoms. The van der Waals surface area contributed by atoms with Crippen molar-refractivity contribution >= 4 is 22.4 Å². The van der Waals surface area contributed by atoms with Gasteiger partial charge in [-0.05, 0) is 29.0 Å². The summed E-state index contributed by atoms with van der Waals surface area (Å²) in [6.07, 6.45) is 1.77. The minimum absolute atomic E-state index is 0.491. The third-order valence-electron chi connectivity index (χ3n) is 2.31. The van der Waals surface area contributed by atoms with Crippen LogP contribution < -0.4 is 0 Å². The minimum Gasteiger partial charge on any atom is -0.244 e. The largest absolute Gasteiger partial charge is 0.244 e. The van der Waals surface area contributed by atoms with Crippen LogP contribution >= 0.6 is 11.6 Å². The van der Waals surface area contributed by atoms with Crippen LogP contribution in [0.15, 0.2) is 24.4 Å². The Balaban J connectivity index is 2.77. The molecule has 1 aromatic carbocycles. The Labute approximate surface area is 88.7 Å². The van der Waals surface area contributed by atoms with Gasteiger partial charge in [-0.1, -0.05) is 37.6 Å². The van der Waals surface area contributed by atoms with Crippen LogP contribution in [0.5, 0.6) is 0 Å². The van der Waals surface area contributed by atoms with E-state index in [1.807, 2.05) is 12.1 Å². The number of hydrogen-bond acceptors (Lipinski definition) is 1. The van der Waals surface area contributed by atoms with Crippen molar-refractivity contribution in [3.8, 4) is 0 Å². The van der Waals surface area contributed by atoms with Crippen LogP contribution in [0.1, 0.15) is 25.3 Å². The first kappa shape index (κ1) is 9.47. The minimum atomic E-state index is 0.491. The first-order valence-corrected chi connectivity index (χ1v) is 5.02. The molecule has 0 unspecified atom stereocenters. The molecule has 0 saturated carbocycles. The molecule has 0 spiro atoms. The van der Waals surface area contributed by atoms with Crippen LogP contribution in [0.2, 0.25) is 5.15 Å². The summed E-state index contributed by atoms with van der Waals surface area (Å²) in [5.41, 5.74) is 1.29. The number of rotatable bonds is 1. The van der Waals surface area contributed by atoms with Crippen LogP contribution in [-0.2, 0) is 0 Å². The molecule has 0 amide bonds. The van der Waals surface area contributed by atoms with Gasteiger partial charge in [0.05, 0.1) is 0 Å². The molecule has 0 fully saturated rings. The Morgan fingerprint density at radius 3 is 2.93 bits per heavy atom. The molecular weight excluding hydrogens is 194 g/mol. The maximum absolute atomic E-state index is 5.87. The lowest BCUT2D eigenvalue weighted by molar-refractivity contribution is 0.876. The van der Waals surface area contributed by atoms with E-state index in [4.69, 9.17) is 11.6 Å². The molecular formula is C12H11ClN. The second-order valence-corrected chi connectivity index (χ2v) is 4.03. The maximum Gasteiger partial charge on any atom is 0.129 e. The van der Waals surface area contributed by atoms with E-state index in [9.17, 15) is 0 Å². The van der Waals surface area contributed by atoms with Crippen LogP contribution in [0, 0.1) is 6.07 Å². The molecule has 2 rings (SSSR count). The number of nitrogens with zero attached hydrogens (tertiary/aromatic N) is 1. The molecule has 1 aromatic heterocycles. The first-order valence-electron chi connectivity index (χ1n) is 4.64. The van der Waals surface area contributed by atoms with E-state index in [0.29, 0.717) is 11.1 Å². The Morgan fingerprint density at radius 2 is 2.21 bits per heavy atom. The summed E-state index contributed by atoms with van der Waals surface area (Å²) in [6, 6.07) is 9.08. The molecule has 0 aliphatic heterocycles. The SMILES string of the molecule is CC(C)c1cc[c]c2cnc(Cl)cc12. The summed E-state index contributed by atoms with van der Waals surface area (Å²) in [5.74, 6) is 0.491. The zero-order valence-electron chi connectivity index (χ0n) is 8.21. The van der Waals surface area contributed by atoms with Crippen molar-refractivity contribution in [3.63, 3.8) is 0 Å². The maximum atomic E-state index is 5.87. The number of pyridine rings is 1. The highest BCUT2D eigenvalue weighted by molar-refractivity contribution is 6.30. The highest BCUT2D eigenvalue weighted by atomic mass is 35.5. The van der Waals surface area contributed by atoms with Crippen molar-refractivity contribution in [1.82, 2.24) is 4.98 Å². The molecule has 14 heavy (non-hydrogen) atoms. The Bertz CT molecular complexity index is 463. The third-order valence-corrected chi connectivity index (χ3v) is 2.51. The number of halogens is 1. The van der Waals surface area contributed by atoms with Gasteiger partial charge in [0.15, 0.2) is 0 Å². The number of aromatic nitrogens is 1. The van der Waals surface area contributed by atoms with Crippen molar-refractivity contribution in [1.29, 1.82) is 0 Å². The number of fused-ring (bicyclic) bond motifs is 1. The molecule has 2 aromatic rings. The lowest BCUT2D eigenvalue weighted by Gasteiger charge is -2.09. The summed E-state index contributed by atoms with van der Waals surface area (Å²) < 4.78 is 0. The average Bonchev–Trinajstić information content (AvgIpc) is 2.16. The van der Waals surface area contributed by atoms with Gasteiger partial charge in [-0.15, -0.1) is 0 Å². The fourth-order valence-corrected chi connectivity index (χ4v) is 1.76. The second-order valence-electron chi connectivity index (χ2n) is 3.64. The van der Waals surface area contributed by atoms with Gasteiger partial charge in [0, 0.05) is 11.6 Å². The van der Waals surface area contributed by atoms with Crippen molar-refractivity contribution < 1.29 is 0 Å². The quantitative estimate of drug-likeness (QED) is 0.644. The summed E-state index contributed by atoms with van der Waals surface area (Å²) >= 11 is 5.87. The first-order chi connectivity index (χ1) is 6.68. The normalized spacial score (nSPS) is 11.1. The highest BCUT2D eigenvalue weighted by Gasteiger charge is 2.05. The summed E-state index contributed by atoms with van der Waals surface area (Å²) in [6.45, 7) is 4.34. The van der Waals surface area contributed by atoms with Crippen LogP contribution in [0.25, 0.3) is 10.8 Å². The molecule has 0 aliphatic rings. The second kappa shape index (κ2) is 3.58. The van der Waals surface area contributed by atoms with E-state index in [0.717, 1.165) is 10.8 Å². The van der Waals surface area contributed by atoms with Gasteiger partial charge in [0.1, 0.15) is 5.15 Å². The smallest absolute Gasteiger partial charge is 0.129 e. The zero-order valence-corrected chi connectivity index (χ0v) is 8.97. The molecule has 0 N–H and O–H groups in total. The fraction of sp³-hybridized carbons (Fsp3) is 0.250. The zero-order chi connectivity index (χ0) is 10.1. The Kier molecular flexibility index (Phi) is 2.42. The van der Waals surface area contributed by atoms with Gasteiger partial charge < -0.3 is 0 Å². The molecule has 0 bridgehead atoms. The Hall–Kier alpha value is -1.08. The van der Waals surface area contributed by atoms with Crippen molar-refractivity contribution in [3.05, 3.63) is 41.2 Å². The predicted molar refractivity (Wildman–Crippen MR) is 59.7 cm³/mol. The van der Waals surface area contributed by atoms with Crippen LogP contribution in [-0.4, -0.2) is 4.98 Å². The van der Waals surface area contributed by atoms with Gasteiger partial charge >= 0.3 is 0 Å². The molecule has 1 heterocycles.